The molecular formula is C22H22ClN7O. The number of anilines is 1. The topological polar surface area (TPSA) is 112 Å². The number of nitrogens with one attached hydrogen (secondary N) is 1. The molecule has 0 saturated heterocycles. The second-order valence-electron chi connectivity index (χ2n) is 7.76. The van der Waals surface area contributed by atoms with Crippen molar-refractivity contribution in [2.45, 2.75) is 31.8 Å². The van der Waals surface area contributed by atoms with Crippen molar-refractivity contribution in [2.24, 2.45) is 11.7 Å². The van der Waals surface area contributed by atoms with Crippen molar-refractivity contribution in [1.29, 1.82) is 0 Å². The number of nitrogens with two attached hydrogens (primary N) is 1. The molecule has 8 nitrogen and oxygen atoms in total. The highest BCUT2D eigenvalue weighted by molar-refractivity contribution is 6.35. The number of benzene rings is 1. The molecule has 1 unspecified atom stereocenters. The van der Waals surface area contributed by atoms with Crippen molar-refractivity contribution in [3.63, 3.8) is 0 Å². The minimum absolute atomic E-state index is 0.142. The van der Waals surface area contributed by atoms with Gasteiger partial charge in [-0.05, 0) is 56.0 Å². The van der Waals surface area contributed by atoms with Crippen LogP contribution in [0.1, 0.15) is 31.1 Å². The lowest BCUT2D eigenvalue weighted by molar-refractivity contribution is 0.531. The van der Waals surface area contributed by atoms with Gasteiger partial charge >= 0.3 is 0 Å². The first-order valence-electron chi connectivity index (χ1n) is 10.4. The smallest absolute Gasteiger partial charge is 0.262 e. The molecule has 9 heteroatoms. The molecule has 3 aromatic heterocycles. The molecule has 3 heterocycles. The first-order valence-corrected chi connectivity index (χ1v) is 10.8. The lowest BCUT2D eigenvalue weighted by Crippen LogP contribution is -2.31. The molecule has 1 fully saturated rings. The van der Waals surface area contributed by atoms with Crippen molar-refractivity contribution >= 4 is 39.4 Å². The standard InChI is InChI=1S/C22H22ClN7O/c23-14-4-1-5-15-17(14)22(31)30(11-3-9-24)21(28-15)18(13-7-8-13)29-20-19-16(26-12-27-20)6-2-10-25-19/h1-2,4-6,10,12-13,18H,3,7-9,11,24H2,(H,26,27,29). The van der Waals surface area contributed by atoms with E-state index in [-0.39, 0.29) is 11.6 Å². The number of rotatable bonds is 7. The molecule has 0 bridgehead atoms. The zero-order chi connectivity index (χ0) is 21.4. The molecule has 1 saturated carbocycles. The summed E-state index contributed by atoms with van der Waals surface area (Å²) in [6.07, 6.45) is 6.00. The van der Waals surface area contributed by atoms with Crippen LogP contribution in [0, 0.1) is 5.92 Å². The van der Waals surface area contributed by atoms with Crippen LogP contribution in [0.25, 0.3) is 21.9 Å². The summed E-state index contributed by atoms with van der Waals surface area (Å²) < 4.78 is 1.72. The largest absolute Gasteiger partial charge is 0.358 e. The van der Waals surface area contributed by atoms with E-state index < -0.39 is 0 Å². The monoisotopic (exact) mass is 435 g/mol. The second-order valence-corrected chi connectivity index (χ2v) is 8.16. The summed E-state index contributed by atoms with van der Waals surface area (Å²) >= 11 is 6.35. The van der Waals surface area contributed by atoms with E-state index in [4.69, 9.17) is 22.3 Å². The first kappa shape index (κ1) is 19.8. The van der Waals surface area contributed by atoms with Crippen molar-refractivity contribution in [3.8, 4) is 0 Å². The van der Waals surface area contributed by atoms with Gasteiger partial charge in [-0.15, -0.1) is 0 Å². The summed E-state index contributed by atoms with van der Waals surface area (Å²) in [5.74, 6) is 1.66. The zero-order valence-electron chi connectivity index (χ0n) is 16.8. The van der Waals surface area contributed by atoms with Gasteiger partial charge in [0.25, 0.3) is 5.56 Å². The Bertz CT molecular complexity index is 1310. The van der Waals surface area contributed by atoms with Gasteiger partial charge in [0.15, 0.2) is 5.82 Å². The lowest BCUT2D eigenvalue weighted by Gasteiger charge is -2.23. The maximum atomic E-state index is 13.4. The Kier molecular flexibility index (Phi) is 5.25. The highest BCUT2D eigenvalue weighted by Gasteiger charge is 2.36. The van der Waals surface area contributed by atoms with Crippen LogP contribution in [-0.4, -0.2) is 31.0 Å². The highest BCUT2D eigenvalue weighted by Crippen LogP contribution is 2.42. The molecule has 1 aliphatic carbocycles. The van der Waals surface area contributed by atoms with E-state index >= 15 is 0 Å². The number of halogens is 1. The van der Waals surface area contributed by atoms with Gasteiger partial charge in [0.05, 0.1) is 27.5 Å². The van der Waals surface area contributed by atoms with Crippen LogP contribution in [0.2, 0.25) is 5.02 Å². The van der Waals surface area contributed by atoms with E-state index in [0.29, 0.717) is 58.5 Å². The summed E-state index contributed by atoms with van der Waals surface area (Å²) in [4.78, 5) is 31.5. The summed E-state index contributed by atoms with van der Waals surface area (Å²) in [7, 11) is 0. The maximum Gasteiger partial charge on any atom is 0.262 e. The first-order chi connectivity index (χ1) is 15.2. The van der Waals surface area contributed by atoms with Gasteiger partial charge in [0.1, 0.15) is 17.7 Å². The van der Waals surface area contributed by atoms with Crippen LogP contribution in [0.3, 0.4) is 0 Å². The van der Waals surface area contributed by atoms with Gasteiger partial charge in [0, 0.05) is 12.7 Å². The number of nitrogens with zero attached hydrogens (tertiary/aromatic N) is 5. The van der Waals surface area contributed by atoms with Gasteiger partial charge in [0.2, 0.25) is 0 Å². The molecule has 0 aliphatic heterocycles. The summed E-state index contributed by atoms with van der Waals surface area (Å²) in [6.45, 7) is 0.959. The van der Waals surface area contributed by atoms with Crippen LogP contribution in [0.4, 0.5) is 5.82 Å². The Labute approximate surface area is 183 Å². The number of pyridine rings is 1. The molecule has 1 aromatic carbocycles. The second kappa shape index (κ2) is 8.20. The summed E-state index contributed by atoms with van der Waals surface area (Å²) in [6, 6.07) is 8.91. The average Bonchev–Trinajstić information content (AvgIpc) is 3.62. The normalized spacial score (nSPS) is 14.8. The van der Waals surface area contributed by atoms with E-state index in [0.717, 1.165) is 18.4 Å². The van der Waals surface area contributed by atoms with Crippen molar-refractivity contribution < 1.29 is 0 Å². The Morgan fingerprint density at radius 2 is 2.00 bits per heavy atom. The average molecular weight is 436 g/mol. The predicted octanol–water partition coefficient (Wildman–Crippen LogP) is 3.30. The van der Waals surface area contributed by atoms with Gasteiger partial charge < -0.3 is 11.1 Å². The van der Waals surface area contributed by atoms with Crippen LogP contribution in [0.5, 0.6) is 0 Å². The molecule has 4 aromatic rings. The van der Waals surface area contributed by atoms with Crippen molar-refractivity contribution in [1.82, 2.24) is 24.5 Å². The van der Waals surface area contributed by atoms with E-state index in [1.54, 1.807) is 16.8 Å². The Morgan fingerprint density at radius 3 is 2.81 bits per heavy atom. The van der Waals surface area contributed by atoms with E-state index in [9.17, 15) is 4.79 Å². The molecule has 1 aliphatic rings. The Hall–Kier alpha value is -3.10. The Morgan fingerprint density at radius 1 is 1.16 bits per heavy atom. The highest BCUT2D eigenvalue weighted by atomic mass is 35.5. The minimum Gasteiger partial charge on any atom is -0.358 e. The van der Waals surface area contributed by atoms with Crippen LogP contribution >= 0.6 is 11.6 Å². The SMILES string of the molecule is NCCCn1c(C(Nc2ncnc3cccnc23)C2CC2)nc2cccc(Cl)c2c1=O. The van der Waals surface area contributed by atoms with E-state index in [1.807, 2.05) is 24.3 Å². The molecular weight excluding hydrogens is 414 g/mol. The maximum absolute atomic E-state index is 13.4. The van der Waals surface area contributed by atoms with E-state index in [2.05, 4.69) is 20.3 Å². The minimum atomic E-state index is -0.186. The quantitative estimate of drug-likeness (QED) is 0.458. The van der Waals surface area contributed by atoms with Gasteiger partial charge in [-0.1, -0.05) is 17.7 Å². The molecule has 1 atom stereocenters. The zero-order valence-corrected chi connectivity index (χ0v) is 17.6. The molecule has 0 spiro atoms. The van der Waals surface area contributed by atoms with Gasteiger partial charge in [-0.25, -0.2) is 15.0 Å². The fourth-order valence-electron chi connectivity index (χ4n) is 3.91. The molecule has 158 valence electrons. The van der Waals surface area contributed by atoms with Crippen molar-refractivity contribution in [3.05, 3.63) is 64.1 Å². The number of hydrogen-bond donors (Lipinski definition) is 2. The number of fused-ring (bicyclic) bond motifs is 2. The van der Waals surface area contributed by atoms with Crippen LogP contribution in [0.15, 0.2) is 47.7 Å². The third-order valence-electron chi connectivity index (χ3n) is 5.61. The summed E-state index contributed by atoms with van der Waals surface area (Å²) in [5, 5.41) is 4.37. The van der Waals surface area contributed by atoms with Gasteiger partial charge in [-0.3, -0.25) is 14.3 Å². The van der Waals surface area contributed by atoms with Crippen LogP contribution in [-0.2, 0) is 6.54 Å². The molecule has 31 heavy (non-hydrogen) atoms. The molecule has 3 N–H and O–H groups in total. The van der Waals surface area contributed by atoms with Crippen LogP contribution < -0.4 is 16.6 Å². The summed E-state index contributed by atoms with van der Waals surface area (Å²) in [5.41, 5.74) is 7.65. The predicted molar refractivity (Wildman–Crippen MR) is 121 cm³/mol. The number of aromatic nitrogens is 5. The fourth-order valence-corrected chi connectivity index (χ4v) is 4.16. The number of hydrogen-bond acceptors (Lipinski definition) is 7. The molecule has 0 radical (unpaired) electrons. The lowest BCUT2D eigenvalue weighted by atomic mass is 10.1. The van der Waals surface area contributed by atoms with Gasteiger partial charge in [-0.2, -0.15) is 0 Å². The van der Waals surface area contributed by atoms with E-state index in [1.165, 1.54) is 6.33 Å². The molecule has 0 amide bonds. The fraction of sp³-hybridized carbons (Fsp3) is 0.318. The van der Waals surface area contributed by atoms with Crippen molar-refractivity contribution in [2.75, 3.05) is 11.9 Å². The third kappa shape index (κ3) is 3.73. The third-order valence-corrected chi connectivity index (χ3v) is 5.92. The molecule has 5 rings (SSSR count). The Balaban J connectivity index is 1.66.